The van der Waals surface area contributed by atoms with Gasteiger partial charge in [-0.25, -0.2) is 0 Å². The van der Waals surface area contributed by atoms with Gasteiger partial charge in [0, 0.05) is 107 Å². The van der Waals surface area contributed by atoms with Gasteiger partial charge in [-0.3, -0.25) is 28.8 Å². The van der Waals surface area contributed by atoms with Crippen LogP contribution in [-0.4, -0.2) is 277 Å². The first kappa shape index (κ1) is 144. The van der Waals surface area contributed by atoms with E-state index in [1.54, 1.807) is 62.3 Å². The number of aliphatic hydroxyl groups is 15. The predicted molar refractivity (Wildman–Crippen MR) is 298 cm³/mol. The molecule has 0 aliphatic carbocycles. The molecule has 0 aliphatic rings. The molecular formula is C39H107Cl3O21S4. The van der Waals surface area contributed by atoms with Gasteiger partial charge in [-0.05, 0) is 72.5 Å². The Kier molecular flexibility index (Phi) is 718. The van der Waals surface area contributed by atoms with E-state index in [-0.39, 0.29) is 52.3 Å². The quantitative estimate of drug-likeness (QED) is 0.0769. The van der Waals surface area contributed by atoms with E-state index in [1.807, 2.05) is 12.5 Å². The Morgan fingerprint density at radius 3 is 0.493 bits per heavy atom. The third-order valence-corrected chi connectivity index (χ3v) is 5.74. The van der Waals surface area contributed by atoms with Crippen molar-refractivity contribution in [2.75, 3.05) is 166 Å². The monoisotopic (exact) mass is 1140 g/mol. The van der Waals surface area contributed by atoms with Gasteiger partial charge in [-0.1, -0.05) is 6.92 Å². The Hall–Kier alpha value is -0.310. The summed E-state index contributed by atoms with van der Waals surface area (Å²) in [6.45, 7) is 11.3. The number of Topliss-reactive ketones (excluding diaryl/α,β-unsaturated/α-hetero) is 6. The second kappa shape index (κ2) is 334. The van der Waals surface area contributed by atoms with E-state index in [4.69, 9.17) is 111 Å². The fraction of sp³-hybridized carbons (Fsp3) is 0.846. The first-order valence-electron chi connectivity index (χ1n) is 17.5. The number of carbonyl (C=O) groups is 6. The zero-order valence-corrected chi connectivity index (χ0v) is 51.2. The first-order chi connectivity index (χ1) is 32.1. The SMILES string of the molecule is CC(=O)CCl.CC(=O)CCl.CC(=O)CCl.CCCSCC(C)=O.CO.CO.CO.CO.CO.CO.CO.CO.CO.CO.CO.CO.CO.CO.CO.CS.CSCC(C)=O.CSCC(C)=O. The maximum absolute atomic E-state index is 10.3. The molecule has 0 saturated heterocycles. The summed E-state index contributed by atoms with van der Waals surface area (Å²) in [4.78, 5) is 59.4. The van der Waals surface area contributed by atoms with Crippen LogP contribution in [0.5, 0.6) is 0 Å². The highest BCUT2D eigenvalue weighted by Crippen LogP contribution is 2.00. The lowest BCUT2D eigenvalue weighted by Gasteiger charge is -1.91. The molecule has 0 aromatic carbocycles. The van der Waals surface area contributed by atoms with Gasteiger partial charge in [0.2, 0.25) is 0 Å². The normalized spacial score (nSPS) is 5.73. The van der Waals surface area contributed by atoms with Crippen LogP contribution in [0.15, 0.2) is 0 Å². The van der Waals surface area contributed by atoms with Crippen LogP contribution >= 0.6 is 82.7 Å². The summed E-state index contributed by atoms with van der Waals surface area (Å²) in [7, 11) is 15.0. The number of thioether (sulfide) groups is 3. The van der Waals surface area contributed by atoms with Crippen molar-refractivity contribution >= 4 is 117 Å². The van der Waals surface area contributed by atoms with Gasteiger partial charge in [0.15, 0.2) is 0 Å². The van der Waals surface area contributed by atoms with Gasteiger partial charge in [0.1, 0.15) is 34.7 Å². The third kappa shape index (κ3) is 957. The van der Waals surface area contributed by atoms with Crippen LogP contribution in [0, 0.1) is 0 Å². The average Bonchev–Trinajstić information content (AvgIpc) is 3.42. The molecular weight excluding hydrogens is 1040 g/mol. The highest BCUT2D eigenvalue weighted by Gasteiger charge is 1.90. The van der Waals surface area contributed by atoms with Crippen LogP contribution in [0.25, 0.3) is 0 Å². The Morgan fingerprint density at radius 1 is 0.328 bits per heavy atom. The van der Waals surface area contributed by atoms with Crippen molar-refractivity contribution < 1.29 is 105 Å². The second-order valence-electron chi connectivity index (χ2n) is 6.53. The molecule has 0 heterocycles. The zero-order chi connectivity index (χ0) is 61.2. The Morgan fingerprint density at radius 2 is 0.448 bits per heavy atom. The van der Waals surface area contributed by atoms with Crippen molar-refractivity contribution in [3.8, 4) is 0 Å². The summed E-state index contributed by atoms with van der Waals surface area (Å²) in [5.41, 5.74) is 0. The van der Waals surface area contributed by atoms with Crippen molar-refractivity contribution in [3.05, 3.63) is 0 Å². The molecule has 15 N–H and O–H groups in total. The molecule has 67 heavy (non-hydrogen) atoms. The smallest absolute Gasteiger partial charge is 0.144 e. The summed E-state index contributed by atoms with van der Waals surface area (Å²) in [5.74, 6) is 4.37. The van der Waals surface area contributed by atoms with E-state index in [9.17, 15) is 28.8 Å². The van der Waals surface area contributed by atoms with Gasteiger partial charge in [-0.15, -0.1) is 34.8 Å². The van der Waals surface area contributed by atoms with Crippen molar-refractivity contribution in [1.82, 2.24) is 0 Å². The van der Waals surface area contributed by atoms with E-state index < -0.39 is 0 Å². The maximum atomic E-state index is 10.3. The molecule has 0 rings (SSSR count). The van der Waals surface area contributed by atoms with Gasteiger partial charge >= 0.3 is 0 Å². The highest BCUT2D eigenvalue weighted by molar-refractivity contribution is 8.00. The van der Waals surface area contributed by atoms with Crippen LogP contribution in [0.1, 0.15) is 54.9 Å². The lowest BCUT2D eigenvalue weighted by atomic mass is 10.5. The molecule has 0 unspecified atom stereocenters. The van der Waals surface area contributed by atoms with Crippen molar-refractivity contribution in [1.29, 1.82) is 0 Å². The van der Waals surface area contributed by atoms with Crippen LogP contribution in [0.4, 0.5) is 0 Å². The van der Waals surface area contributed by atoms with E-state index in [2.05, 4.69) is 19.6 Å². The Balaban J connectivity index is -0.0000000163. The standard InChI is InChI=1S/C6H12OS.2C4H8OS.3C3H5ClO.15CH4O.CH4S/c1-3-4-8-5-6(2)7;2*1-4(5)3-6-2;3*1-3(5)2-4;16*1-2/h3-5H2,1-2H3;2*3H2,1-2H3;3*2H2,1H3;16*2H,1H3. The number of aliphatic hydroxyl groups excluding tert-OH is 15. The fourth-order valence-electron chi connectivity index (χ4n) is 0.767. The number of alkyl halides is 3. The lowest BCUT2D eigenvalue weighted by molar-refractivity contribution is -0.115. The lowest BCUT2D eigenvalue weighted by Crippen LogP contribution is -1.93. The number of hydrogen-bond acceptors (Lipinski definition) is 25. The molecule has 0 saturated carbocycles. The topological polar surface area (TPSA) is 406 Å². The number of rotatable bonds is 11. The van der Waals surface area contributed by atoms with E-state index in [1.165, 1.54) is 20.8 Å². The summed E-state index contributed by atoms with van der Waals surface area (Å²) in [6, 6.07) is 0. The summed E-state index contributed by atoms with van der Waals surface area (Å²) in [5, 5.41) is 105. The van der Waals surface area contributed by atoms with Crippen molar-refractivity contribution in [2.45, 2.75) is 54.9 Å². The van der Waals surface area contributed by atoms with Crippen LogP contribution in [-0.2, 0) is 28.8 Å². The highest BCUT2D eigenvalue weighted by atomic mass is 35.5. The zero-order valence-electron chi connectivity index (χ0n) is 45.6. The minimum atomic E-state index is 0.0201. The summed E-state index contributed by atoms with van der Waals surface area (Å²) >= 11 is 23.3. The third-order valence-electron chi connectivity index (χ3n) is 1.91. The molecule has 0 radical (unpaired) electrons. The van der Waals surface area contributed by atoms with Gasteiger partial charge < -0.3 is 76.6 Å². The molecule has 434 valence electrons. The molecule has 0 aromatic rings. The van der Waals surface area contributed by atoms with E-state index in [0.717, 1.165) is 119 Å². The number of carbonyl (C=O) groups excluding carboxylic acids is 6. The van der Waals surface area contributed by atoms with Crippen LogP contribution < -0.4 is 0 Å². The van der Waals surface area contributed by atoms with Crippen molar-refractivity contribution in [3.63, 3.8) is 0 Å². The molecule has 21 nitrogen and oxygen atoms in total. The van der Waals surface area contributed by atoms with Crippen LogP contribution in [0.3, 0.4) is 0 Å². The summed E-state index contributed by atoms with van der Waals surface area (Å²) < 4.78 is 0. The molecule has 0 aliphatic heterocycles. The minimum absolute atomic E-state index is 0.0201. The summed E-state index contributed by atoms with van der Waals surface area (Å²) in [6.07, 6.45) is 6.70. The average molecular weight is 1150 g/mol. The maximum Gasteiger partial charge on any atom is 0.144 e. The van der Waals surface area contributed by atoms with Gasteiger partial charge in [-0.2, -0.15) is 47.9 Å². The van der Waals surface area contributed by atoms with Crippen LogP contribution in [0.2, 0.25) is 0 Å². The molecule has 0 amide bonds. The molecule has 0 spiro atoms. The van der Waals surface area contributed by atoms with E-state index in [0.29, 0.717) is 17.3 Å². The van der Waals surface area contributed by atoms with Crippen molar-refractivity contribution in [2.24, 2.45) is 0 Å². The Bertz CT molecular complexity index is 544. The molecule has 0 bridgehead atoms. The molecule has 28 heteroatoms. The minimum Gasteiger partial charge on any atom is -0.400 e. The largest absolute Gasteiger partial charge is 0.400 e. The first-order valence-corrected chi connectivity index (χ1v) is 23.9. The second-order valence-corrected chi connectivity index (χ2v) is 10.2. The van der Waals surface area contributed by atoms with Gasteiger partial charge in [0.05, 0.1) is 34.9 Å². The number of halogens is 3. The predicted octanol–water partition coefficient (Wildman–Crippen LogP) is 0.712. The fourth-order valence-corrected chi connectivity index (χ4v) is 2.30. The molecule has 0 aromatic heterocycles. The Labute approximate surface area is 441 Å². The molecule has 0 atom stereocenters. The number of hydrogen-bond donors (Lipinski definition) is 16. The van der Waals surface area contributed by atoms with Gasteiger partial charge in [0.25, 0.3) is 0 Å². The van der Waals surface area contributed by atoms with E-state index >= 15 is 0 Å². The molecule has 0 fully saturated rings. The number of ketones is 6. The number of thiol groups is 1.